The van der Waals surface area contributed by atoms with E-state index in [1.807, 2.05) is 4.57 Å². The second kappa shape index (κ2) is 8.14. The van der Waals surface area contributed by atoms with Crippen molar-refractivity contribution >= 4 is 28.7 Å². The molecule has 2 N–H and O–H groups in total. The van der Waals surface area contributed by atoms with Gasteiger partial charge in [0.15, 0.2) is 5.65 Å². The van der Waals surface area contributed by atoms with Crippen LogP contribution in [0.15, 0.2) is 24.4 Å². The quantitative estimate of drug-likeness (QED) is 0.638. The first-order chi connectivity index (χ1) is 14.7. The van der Waals surface area contributed by atoms with Crippen LogP contribution in [0, 0.1) is 11.6 Å². The molecule has 2 fully saturated rings. The van der Waals surface area contributed by atoms with Crippen molar-refractivity contribution in [2.75, 3.05) is 23.8 Å². The summed E-state index contributed by atoms with van der Waals surface area (Å²) in [5.74, 6) is -0.476. The maximum atomic E-state index is 14.2. The molecule has 1 saturated carbocycles. The average Bonchev–Trinajstić information content (AvgIpc) is 3.39. The van der Waals surface area contributed by atoms with Crippen LogP contribution in [-0.2, 0) is 4.74 Å². The highest BCUT2D eigenvalue weighted by Crippen LogP contribution is 2.32. The van der Waals surface area contributed by atoms with Gasteiger partial charge in [-0.2, -0.15) is 4.98 Å². The summed E-state index contributed by atoms with van der Waals surface area (Å²) < 4.78 is 35.9. The fourth-order valence-electron chi connectivity index (χ4n) is 4.28. The van der Waals surface area contributed by atoms with Gasteiger partial charge in [-0.25, -0.2) is 18.7 Å². The Balaban J connectivity index is 1.53. The zero-order valence-electron chi connectivity index (χ0n) is 16.6. The molecular formula is C21H24F2N6O. The van der Waals surface area contributed by atoms with Crippen LogP contribution in [0.4, 0.5) is 26.4 Å². The summed E-state index contributed by atoms with van der Waals surface area (Å²) in [5.41, 5.74) is 0.954. The summed E-state index contributed by atoms with van der Waals surface area (Å²) in [4.78, 5) is 13.7. The minimum Gasteiger partial charge on any atom is -0.379 e. The lowest BCUT2D eigenvalue weighted by Gasteiger charge is -2.22. The van der Waals surface area contributed by atoms with E-state index in [1.54, 1.807) is 6.20 Å². The van der Waals surface area contributed by atoms with Crippen LogP contribution in [0.2, 0.25) is 0 Å². The number of para-hydroxylation sites is 1. The number of imidazole rings is 1. The summed E-state index contributed by atoms with van der Waals surface area (Å²) in [7, 11) is 0. The molecule has 0 amide bonds. The molecule has 0 spiro atoms. The number of rotatable bonds is 5. The van der Waals surface area contributed by atoms with Gasteiger partial charge in [-0.15, -0.1) is 0 Å². The molecule has 1 atom stereocenters. The van der Waals surface area contributed by atoms with E-state index in [4.69, 9.17) is 9.72 Å². The van der Waals surface area contributed by atoms with E-state index in [1.165, 1.54) is 37.5 Å². The fraction of sp³-hybridized carbons (Fsp3) is 0.476. The van der Waals surface area contributed by atoms with Crippen molar-refractivity contribution < 1.29 is 13.5 Å². The number of aromatic nitrogens is 4. The van der Waals surface area contributed by atoms with Crippen molar-refractivity contribution in [3.8, 4) is 0 Å². The van der Waals surface area contributed by atoms with Crippen molar-refractivity contribution in [2.45, 2.75) is 50.6 Å². The zero-order valence-corrected chi connectivity index (χ0v) is 16.6. The molecule has 3 heterocycles. The van der Waals surface area contributed by atoms with Gasteiger partial charge in [0, 0.05) is 12.6 Å². The predicted molar refractivity (Wildman–Crippen MR) is 110 cm³/mol. The molecule has 30 heavy (non-hydrogen) atoms. The summed E-state index contributed by atoms with van der Waals surface area (Å²) in [6.07, 6.45) is 8.33. The number of halogens is 2. The second-order valence-corrected chi connectivity index (χ2v) is 7.93. The summed E-state index contributed by atoms with van der Waals surface area (Å²) in [6, 6.07) is 4.10. The number of hydrogen-bond donors (Lipinski definition) is 2. The molecule has 2 aliphatic rings. The van der Waals surface area contributed by atoms with E-state index < -0.39 is 11.6 Å². The molecule has 5 rings (SSSR count). The Morgan fingerprint density at radius 2 is 1.83 bits per heavy atom. The number of hydrogen-bond acceptors (Lipinski definition) is 6. The topological polar surface area (TPSA) is 76.9 Å². The first kappa shape index (κ1) is 19.2. The first-order valence-electron chi connectivity index (χ1n) is 10.5. The number of benzene rings is 1. The number of ether oxygens (including phenoxy) is 1. The highest BCUT2D eigenvalue weighted by molar-refractivity contribution is 5.76. The maximum Gasteiger partial charge on any atom is 0.224 e. The van der Waals surface area contributed by atoms with E-state index >= 15 is 0 Å². The van der Waals surface area contributed by atoms with Crippen molar-refractivity contribution in [3.63, 3.8) is 0 Å². The Bertz CT molecular complexity index is 1020. The molecule has 158 valence electrons. The normalized spacial score (nSPS) is 20.0. The molecule has 3 aromatic rings. The third-order valence-electron chi connectivity index (χ3n) is 5.84. The third-order valence-corrected chi connectivity index (χ3v) is 5.84. The van der Waals surface area contributed by atoms with E-state index in [9.17, 15) is 8.78 Å². The van der Waals surface area contributed by atoms with Crippen molar-refractivity contribution in [2.24, 2.45) is 0 Å². The summed E-state index contributed by atoms with van der Waals surface area (Å²) in [5, 5.41) is 6.27. The Morgan fingerprint density at radius 3 is 2.57 bits per heavy atom. The first-order valence-corrected chi connectivity index (χ1v) is 10.5. The molecule has 0 unspecified atom stereocenters. The van der Waals surface area contributed by atoms with Gasteiger partial charge < -0.3 is 15.4 Å². The highest BCUT2D eigenvalue weighted by atomic mass is 19.1. The smallest absolute Gasteiger partial charge is 0.224 e. The molecule has 7 nitrogen and oxygen atoms in total. The Kier molecular flexibility index (Phi) is 5.20. The molecule has 0 radical (unpaired) electrons. The Hall–Kier alpha value is -2.81. The zero-order chi connectivity index (χ0) is 20.5. The van der Waals surface area contributed by atoms with Crippen LogP contribution in [0.3, 0.4) is 0 Å². The summed E-state index contributed by atoms with van der Waals surface area (Å²) >= 11 is 0. The van der Waals surface area contributed by atoms with E-state index in [-0.39, 0.29) is 11.7 Å². The number of nitrogens with zero attached hydrogens (tertiary/aromatic N) is 4. The number of fused-ring (bicyclic) bond motifs is 1. The Morgan fingerprint density at radius 1 is 1.03 bits per heavy atom. The minimum atomic E-state index is -0.679. The number of nitrogens with one attached hydrogen (secondary N) is 2. The van der Waals surface area contributed by atoms with E-state index in [0.717, 1.165) is 19.3 Å². The van der Waals surface area contributed by atoms with Crippen LogP contribution in [0.5, 0.6) is 0 Å². The van der Waals surface area contributed by atoms with Gasteiger partial charge in [-0.05, 0) is 31.4 Å². The van der Waals surface area contributed by atoms with Gasteiger partial charge in [-0.1, -0.05) is 25.3 Å². The molecule has 1 saturated heterocycles. The average molecular weight is 414 g/mol. The molecule has 9 heteroatoms. The van der Waals surface area contributed by atoms with Gasteiger partial charge >= 0.3 is 0 Å². The van der Waals surface area contributed by atoms with Crippen LogP contribution in [0.25, 0.3) is 11.2 Å². The predicted octanol–water partition coefficient (Wildman–Crippen LogP) is 4.55. The summed E-state index contributed by atoms with van der Waals surface area (Å²) in [6.45, 7) is 1.12. The van der Waals surface area contributed by atoms with Gasteiger partial charge in [0.1, 0.15) is 22.8 Å². The van der Waals surface area contributed by atoms with Crippen molar-refractivity contribution in [1.82, 2.24) is 19.5 Å². The second-order valence-electron chi connectivity index (χ2n) is 7.93. The van der Waals surface area contributed by atoms with Crippen LogP contribution < -0.4 is 10.6 Å². The van der Waals surface area contributed by atoms with Crippen molar-refractivity contribution in [3.05, 3.63) is 36.0 Å². The van der Waals surface area contributed by atoms with Crippen LogP contribution in [-0.4, -0.2) is 38.8 Å². The lowest BCUT2D eigenvalue weighted by molar-refractivity contribution is 0.187. The molecule has 1 aromatic carbocycles. The van der Waals surface area contributed by atoms with Gasteiger partial charge in [0.05, 0.1) is 18.8 Å². The molecule has 2 aromatic heterocycles. The van der Waals surface area contributed by atoms with E-state index in [2.05, 4.69) is 20.6 Å². The molecule has 0 bridgehead atoms. The van der Waals surface area contributed by atoms with Gasteiger partial charge in [0.25, 0.3) is 0 Å². The van der Waals surface area contributed by atoms with Crippen LogP contribution in [0.1, 0.15) is 44.6 Å². The monoisotopic (exact) mass is 414 g/mol. The molecule has 1 aliphatic carbocycles. The minimum absolute atomic E-state index is 0.0234. The number of anilines is 3. The lowest BCUT2D eigenvalue weighted by atomic mass is 9.96. The van der Waals surface area contributed by atoms with Gasteiger partial charge in [0.2, 0.25) is 11.9 Å². The van der Waals surface area contributed by atoms with Crippen LogP contribution >= 0.6 is 0 Å². The Labute approximate surface area is 172 Å². The SMILES string of the molecule is Fc1cccc(F)c1Nc1nc2cnc(NC3CCCCC3)nc2n1[C@@H]1CCOC1. The van der Waals surface area contributed by atoms with Gasteiger partial charge in [-0.3, -0.25) is 4.57 Å². The molecule has 1 aliphatic heterocycles. The lowest BCUT2D eigenvalue weighted by Crippen LogP contribution is -2.23. The largest absolute Gasteiger partial charge is 0.379 e. The third kappa shape index (κ3) is 3.69. The van der Waals surface area contributed by atoms with Crippen molar-refractivity contribution in [1.29, 1.82) is 0 Å². The standard InChI is InChI=1S/C21H24F2N6O/c22-15-7-4-8-16(23)18(15)27-21-26-17-11-24-20(25-13-5-2-1-3-6-13)28-19(17)29(21)14-9-10-30-12-14/h4,7-8,11,13-14H,1-3,5-6,9-10,12H2,(H,26,27)(H,24,25,28)/t14-/m1/s1. The fourth-order valence-corrected chi connectivity index (χ4v) is 4.28. The maximum absolute atomic E-state index is 14.2. The highest BCUT2D eigenvalue weighted by Gasteiger charge is 2.26. The van der Waals surface area contributed by atoms with E-state index in [0.29, 0.717) is 42.3 Å². The molecular weight excluding hydrogens is 390 g/mol.